The van der Waals surface area contributed by atoms with Crippen LogP contribution in [0.1, 0.15) is 25.7 Å². The number of nitrogens with zero attached hydrogens (tertiary/aromatic N) is 1. The zero-order valence-corrected chi connectivity index (χ0v) is 8.05. The van der Waals surface area contributed by atoms with E-state index in [0.29, 0.717) is 0 Å². The molecule has 1 heterocycles. The maximum atomic E-state index is 3.41. The van der Waals surface area contributed by atoms with E-state index in [1.807, 2.05) is 0 Å². The first-order valence-corrected chi connectivity index (χ1v) is 5.27. The Labute approximate surface area is 75.3 Å². The number of nitrogens with one attached hydrogen (secondary N) is 1. The van der Waals surface area contributed by atoms with Gasteiger partial charge >= 0.3 is 0 Å². The van der Waals surface area contributed by atoms with Crippen LogP contribution < -0.4 is 5.32 Å². The molecule has 1 aliphatic carbocycles. The molecule has 1 aliphatic heterocycles. The van der Waals surface area contributed by atoms with Crippen molar-refractivity contribution in [1.29, 1.82) is 0 Å². The van der Waals surface area contributed by atoms with Crippen LogP contribution in [-0.4, -0.2) is 37.6 Å². The molecule has 1 saturated heterocycles. The molecule has 0 aromatic heterocycles. The van der Waals surface area contributed by atoms with Gasteiger partial charge in [0.2, 0.25) is 0 Å². The van der Waals surface area contributed by atoms with E-state index in [4.69, 9.17) is 0 Å². The zero-order valence-electron chi connectivity index (χ0n) is 8.05. The smallest absolute Gasteiger partial charge is 0.0229 e. The average Bonchev–Trinajstić information content (AvgIpc) is 2.74. The summed E-state index contributed by atoms with van der Waals surface area (Å²) in [6.07, 6.45) is 5.78. The average molecular weight is 168 g/mol. The fourth-order valence-electron chi connectivity index (χ4n) is 1.99. The third-order valence-corrected chi connectivity index (χ3v) is 3.24. The Morgan fingerprint density at radius 3 is 2.75 bits per heavy atom. The maximum Gasteiger partial charge on any atom is 0.0229 e. The van der Waals surface area contributed by atoms with Gasteiger partial charge in [0.15, 0.2) is 0 Å². The van der Waals surface area contributed by atoms with Gasteiger partial charge < -0.3 is 10.2 Å². The van der Waals surface area contributed by atoms with E-state index < -0.39 is 0 Å². The van der Waals surface area contributed by atoms with Crippen molar-refractivity contribution < 1.29 is 0 Å². The van der Waals surface area contributed by atoms with Crippen molar-refractivity contribution in [1.82, 2.24) is 10.2 Å². The first-order chi connectivity index (χ1) is 5.86. The number of hydrogen-bond acceptors (Lipinski definition) is 2. The summed E-state index contributed by atoms with van der Waals surface area (Å²) < 4.78 is 0. The van der Waals surface area contributed by atoms with Crippen molar-refractivity contribution in [2.75, 3.05) is 26.7 Å². The second-order valence-electron chi connectivity index (χ2n) is 4.36. The van der Waals surface area contributed by atoms with Gasteiger partial charge in [-0.1, -0.05) is 12.8 Å². The van der Waals surface area contributed by atoms with E-state index in [1.165, 1.54) is 45.3 Å². The molecule has 1 saturated carbocycles. The monoisotopic (exact) mass is 168 g/mol. The molecule has 0 amide bonds. The van der Waals surface area contributed by atoms with Crippen LogP contribution in [0.5, 0.6) is 0 Å². The van der Waals surface area contributed by atoms with Gasteiger partial charge in [-0.15, -0.1) is 0 Å². The Morgan fingerprint density at radius 1 is 1.33 bits per heavy atom. The summed E-state index contributed by atoms with van der Waals surface area (Å²) in [5.74, 6) is 1.09. The molecule has 70 valence electrons. The molecule has 0 spiro atoms. The van der Waals surface area contributed by atoms with Gasteiger partial charge in [0.1, 0.15) is 0 Å². The lowest BCUT2D eigenvalue weighted by atomic mass is 10.2. The van der Waals surface area contributed by atoms with Gasteiger partial charge in [-0.3, -0.25) is 0 Å². The number of likely N-dealkylation sites (N-methyl/N-ethyl adjacent to an activating group) is 1. The molecule has 2 nitrogen and oxygen atoms in total. The summed E-state index contributed by atoms with van der Waals surface area (Å²) in [4.78, 5) is 2.54. The van der Waals surface area contributed by atoms with Crippen LogP contribution in [0, 0.1) is 5.92 Å². The number of hydrogen-bond donors (Lipinski definition) is 1. The second-order valence-corrected chi connectivity index (χ2v) is 4.36. The van der Waals surface area contributed by atoms with Gasteiger partial charge in [0.05, 0.1) is 0 Å². The normalized spacial score (nSPS) is 30.0. The van der Waals surface area contributed by atoms with Crippen LogP contribution in [-0.2, 0) is 0 Å². The molecule has 0 bridgehead atoms. The summed E-state index contributed by atoms with van der Waals surface area (Å²) in [6, 6.07) is 0.823. The molecule has 1 N–H and O–H groups in total. The minimum atomic E-state index is 0.823. The third kappa shape index (κ3) is 2.20. The predicted molar refractivity (Wildman–Crippen MR) is 51.2 cm³/mol. The van der Waals surface area contributed by atoms with E-state index in [9.17, 15) is 0 Å². The molecule has 12 heavy (non-hydrogen) atoms. The summed E-state index contributed by atoms with van der Waals surface area (Å²) in [7, 11) is 2.28. The Morgan fingerprint density at radius 2 is 2.17 bits per heavy atom. The largest absolute Gasteiger partial charge is 0.315 e. The summed E-state index contributed by atoms with van der Waals surface area (Å²) >= 11 is 0. The molecule has 0 radical (unpaired) electrons. The maximum absolute atomic E-state index is 3.41. The van der Waals surface area contributed by atoms with Crippen LogP contribution in [0.15, 0.2) is 0 Å². The van der Waals surface area contributed by atoms with E-state index >= 15 is 0 Å². The molecule has 2 aliphatic rings. The van der Waals surface area contributed by atoms with E-state index in [-0.39, 0.29) is 0 Å². The highest BCUT2D eigenvalue weighted by Crippen LogP contribution is 2.32. The first kappa shape index (κ1) is 8.52. The van der Waals surface area contributed by atoms with Gasteiger partial charge in [-0.05, 0) is 38.9 Å². The zero-order chi connectivity index (χ0) is 8.39. The summed E-state index contributed by atoms with van der Waals surface area (Å²) in [5, 5.41) is 3.41. The van der Waals surface area contributed by atoms with Crippen molar-refractivity contribution in [3.8, 4) is 0 Å². The fraction of sp³-hybridized carbons (Fsp3) is 1.00. The van der Waals surface area contributed by atoms with Crippen molar-refractivity contribution in [3.05, 3.63) is 0 Å². The minimum absolute atomic E-state index is 0.823. The Kier molecular flexibility index (Phi) is 2.66. The lowest BCUT2D eigenvalue weighted by Crippen LogP contribution is -2.34. The van der Waals surface area contributed by atoms with Crippen molar-refractivity contribution >= 4 is 0 Å². The highest BCUT2D eigenvalue weighted by Gasteiger charge is 2.24. The molecule has 2 rings (SSSR count). The molecular weight excluding hydrogens is 148 g/mol. The van der Waals surface area contributed by atoms with E-state index in [1.54, 1.807) is 0 Å². The highest BCUT2D eigenvalue weighted by atomic mass is 15.2. The van der Waals surface area contributed by atoms with Crippen molar-refractivity contribution in [2.24, 2.45) is 5.92 Å². The number of rotatable bonds is 4. The van der Waals surface area contributed by atoms with Gasteiger partial charge in [-0.2, -0.15) is 0 Å². The van der Waals surface area contributed by atoms with Crippen LogP contribution in [0.25, 0.3) is 0 Å². The van der Waals surface area contributed by atoms with Crippen LogP contribution in [0.4, 0.5) is 0 Å². The van der Waals surface area contributed by atoms with Crippen molar-refractivity contribution in [2.45, 2.75) is 31.7 Å². The molecule has 1 unspecified atom stereocenters. The fourth-order valence-corrected chi connectivity index (χ4v) is 1.99. The summed E-state index contributed by atoms with van der Waals surface area (Å²) in [5.41, 5.74) is 0. The Hall–Kier alpha value is -0.0800. The minimum Gasteiger partial charge on any atom is -0.315 e. The van der Waals surface area contributed by atoms with Crippen LogP contribution >= 0.6 is 0 Å². The molecule has 0 aromatic rings. The Balaban J connectivity index is 1.64. The van der Waals surface area contributed by atoms with Gasteiger partial charge in [0, 0.05) is 12.6 Å². The summed E-state index contributed by atoms with van der Waals surface area (Å²) in [6.45, 7) is 3.75. The van der Waals surface area contributed by atoms with Gasteiger partial charge in [-0.25, -0.2) is 0 Å². The molecule has 0 aromatic carbocycles. The predicted octanol–water partition coefficient (Wildman–Crippen LogP) is 1.08. The molecular formula is C10H20N2. The first-order valence-electron chi connectivity index (χ1n) is 5.27. The molecule has 1 atom stereocenters. The third-order valence-electron chi connectivity index (χ3n) is 3.24. The second kappa shape index (κ2) is 3.75. The van der Waals surface area contributed by atoms with Gasteiger partial charge in [0.25, 0.3) is 0 Å². The standard InChI is InChI=1S/C10H20N2/c1-12(7-5-9-2-3-9)10-4-6-11-8-10/h9-11H,2-8H2,1H3. The lowest BCUT2D eigenvalue weighted by molar-refractivity contribution is 0.249. The van der Waals surface area contributed by atoms with Crippen LogP contribution in [0.3, 0.4) is 0 Å². The molecule has 2 heteroatoms. The van der Waals surface area contributed by atoms with E-state index in [0.717, 1.165) is 12.0 Å². The highest BCUT2D eigenvalue weighted by molar-refractivity contribution is 4.80. The molecule has 2 fully saturated rings. The Bertz CT molecular complexity index is 137. The quantitative estimate of drug-likeness (QED) is 0.676. The lowest BCUT2D eigenvalue weighted by Gasteiger charge is -2.23. The SMILES string of the molecule is CN(CCC1CC1)C1CCNC1. The van der Waals surface area contributed by atoms with E-state index in [2.05, 4.69) is 17.3 Å². The topological polar surface area (TPSA) is 15.3 Å². The van der Waals surface area contributed by atoms with Crippen LogP contribution in [0.2, 0.25) is 0 Å². The van der Waals surface area contributed by atoms with Crippen molar-refractivity contribution in [3.63, 3.8) is 0 Å².